The lowest BCUT2D eigenvalue weighted by Crippen LogP contribution is -2.37. The molecule has 3 atom stereocenters. The predicted molar refractivity (Wildman–Crippen MR) is 235 cm³/mol. The molecule has 11 heteroatoms. The van der Waals surface area contributed by atoms with Crippen LogP contribution in [0.25, 0.3) is 0 Å². The second kappa shape index (κ2) is 37.9. The van der Waals surface area contributed by atoms with Gasteiger partial charge in [-0.3, -0.25) is 18.6 Å². The Kier molecular flexibility index (Phi) is 36.4. The van der Waals surface area contributed by atoms with E-state index in [1.54, 1.807) is 0 Å². The highest BCUT2D eigenvalue weighted by molar-refractivity contribution is 7.47. The molecule has 0 spiro atoms. The second-order valence-electron chi connectivity index (χ2n) is 15.9. The number of unbranched alkanes of at least 4 members (excludes halogenated alkanes) is 13. The Balaban J connectivity index is 4.50. The number of hydrogen-bond acceptors (Lipinski definition) is 8. The lowest BCUT2D eigenvalue weighted by Gasteiger charge is -2.24. The van der Waals surface area contributed by atoms with Crippen LogP contribution in [-0.2, 0) is 32.7 Å². The van der Waals surface area contributed by atoms with Crippen molar-refractivity contribution in [2.45, 2.75) is 174 Å². The summed E-state index contributed by atoms with van der Waals surface area (Å²) >= 11 is 0. The third-order valence-corrected chi connectivity index (χ3v) is 10.1. The van der Waals surface area contributed by atoms with Gasteiger partial charge in [0, 0.05) is 12.8 Å². The van der Waals surface area contributed by atoms with Gasteiger partial charge in [0.15, 0.2) is 6.10 Å². The van der Waals surface area contributed by atoms with Crippen molar-refractivity contribution in [2.75, 3.05) is 47.5 Å². The molecule has 0 aliphatic carbocycles. The highest BCUT2D eigenvalue weighted by Crippen LogP contribution is 2.43. The maximum atomic E-state index is 12.7. The molecule has 0 heterocycles. The number of nitrogens with zero attached hydrogens (tertiary/aromatic N) is 1. The molecule has 330 valence electrons. The number of allylic oxidation sites excluding steroid dienone is 9. The lowest BCUT2D eigenvalue weighted by atomic mass is 10.1. The van der Waals surface area contributed by atoms with Gasteiger partial charge in [0.2, 0.25) is 0 Å². The van der Waals surface area contributed by atoms with Crippen LogP contribution in [-0.4, -0.2) is 86.1 Å². The minimum atomic E-state index is -4.40. The Morgan fingerprint density at radius 3 is 1.74 bits per heavy atom. The van der Waals surface area contributed by atoms with Crippen LogP contribution in [0.1, 0.15) is 162 Å². The number of likely N-dealkylation sites (N-methyl/N-ethyl adjacent to an activating group) is 1. The average Bonchev–Trinajstić information content (AvgIpc) is 3.16. The van der Waals surface area contributed by atoms with E-state index in [0.29, 0.717) is 23.9 Å². The molecule has 0 amide bonds. The van der Waals surface area contributed by atoms with Gasteiger partial charge in [-0.2, -0.15) is 0 Å². The number of phosphoric acid groups is 1. The fraction of sp³-hybridized carbons (Fsp3) is 0.739. The van der Waals surface area contributed by atoms with Crippen molar-refractivity contribution in [3.63, 3.8) is 0 Å². The molecular weight excluding hydrogens is 741 g/mol. The minimum absolute atomic E-state index is 0.0126. The minimum Gasteiger partial charge on any atom is -0.462 e. The van der Waals surface area contributed by atoms with Gasteiger partial charge in [-0.05, 0) is 70.6 Å². The molecule has 0 radical (unpaired) electrons. The maximum absolute atomic E-state index is 12.7. The second-order valence-corrected chi connectivity index (χ2v) is 17.3. The first-order valence-corrected chi connectivity index (χ1v) is 23.6. The van der Waals surface area contributed by atoms with Crippen molar-refractivity contribution in [1.29, 1.82) is 0 Å². The number of rotatable bonds is 39. The largest absolute Gasteiger partial charge is 0.472 e. The third-order valence-electron chi connectivity index (χ3n) is 9.09. The summed E-state index contributed by atoms with van der Waals surface area (Å²) in [4.78, 5) is 35.3. The Morgan fingerprint density at radius 1 is 0.614 bits per heavy atom. The Hall–Kier alpha value is -2.33. The summed E-state index contributed by atoms with van der Waals surface area (Å²) in [6.07, 6.45) is 41.8. The lowest BCUT2D eigenvalue weighted by molar-refractivity contribution is -0.870. The van der Waals surface area contributed by atoms with Crippen molar-refractivity contribution in [2.24, 2.45) is 0 Å². The van der Waals surface area contributed by atoms with Crippen molar-refractivity contribution < 1.29 is 47.2 Å². The van der Waals surface area contributed by atoms with Crippen LogP contribution in [0.5, 0.6) is 0 Å². The molecule has 0 aliphatic rings. The van der Waals surface area contributed by atoms with Crippen LogP contribution in [0.2, 0.25) is 0 Å². The van der Waals surface area contributed by atoms with Gasteiger partial charge in [0.05, 0.1) is 33.9 Å². The molecule has 0 aromatic rings. The predicted octanol–water partition coefficient (Wildman–Crippen LogP) is 11.4. The van der Waals surface area contributed by atoms with E-state index in [1.165, 1.54) is 44.9 Å². The number of hydrogen-bond donors (Lipinski definition) is 2. The SMILES string of the molecule is CCCCCCCC/C=C\CCCCCCCC(=O)O[C@H](COC(=O)CCC/C=C\C/C=C\C/C=C\C/C=C\[C@@H](O)CCCC)COP(=O)(O)OCC[N+](C)(C)C. The number of ether oxygens (including phenoxy) is 2. The molecule has 0 aliphatic heterocycles. The average molecular weight is 825 g/mol. The first-order valence-electron chi connectivity index (χ1n) is 22.1. The standard InChI is InChI=1S/C46H82NO9P/c1-6-8-10-11-12-13-14-15-16-17-22-25-28-31-34-38-46(50)56-44(42-55-57(51,52)54-40-39-47(3,4)5)41-53-45(49)37-33-30-27-24-21-19-18-20-23-26-29-32-36-43(48)35-9-7-2/h15-16,18-19,23-24,26-27,32,36,43-44,48H,6-14,17,20-22,25,28-31,33-35,37-42H2,1-5H3/p+1/b16-15-,19-18-,26-23-,27-24-,36-32-/t43-,44+/m0/s1. The molecule has 57 heavy (non-hydrogen) atoms. The number of quaternary nitrogens is 1. The van der Waals surface area contributed by atoms with E-state index >= 15 is 0 Å². The first-order chi connectivity index (χ1) is 27.4. The van der Waals surface area contributed by atoms with E-state index in [1.807, 2.05) is 39.4 Å². The zero-order valence-corrected chi connectivity index (χ0v) is 37.6. The number of carbonyl (C=O) groups is 2. The normalized spacial score (nSPS) is 14.7. The Morgan fingerprint density at radius 2 is 1.12 bits per heavy atom. The van der Waals surface area contributed by atoms with E-state index < -0.39 is 32.5 Å². The molecule has 0 aromatic heterocycles. The monoisotopic (exact) mass is 825 g/mol. The smallest absolute Gasteiger partial charge is 0.462 e. The molecular formula is C46H83NO9P+. The van der Waals surface area contributed by atoms with Gasteiger partial charge in [-0.1, -0.05) is 139 Å². The van der Waals surface area contributed by atoms with Gasteiger partial charge >= 0.3 is 19.8 Å². The molecule has 0 saturated carbocycles. The highest BCUT2D eigenvalue weighted by atomic mass is 31.2. The summed E-state index contributed by atoms with van der Waals surface area (Å²) in [5.41, 5.74) is 0. The number of aliphatic hydroxyl groups excluding tert-OH is 1. The molecule has 0 rings (SSSR count). The third kappa shape index (κ3) is 41.6. The summed E-state index contributed by atoms with van der Waals surface area (Å²) in [6, 6.07) is 0. The molecule has 0 fully saturated rings. The fourth-order valence-electron chi connectivity index (χ4n) is 5.55. The number of esters is 2. The van der Waals surface area contributed by atoms with Crippen molar-refractivity contribution in [1.82, 2.24) is 0 Å². The van der Waals surface area contributed by atoms with Crippen LogP contribution < -0.4 is 0 Å². The first kappa shape index (κ1) is 54.7. The molecule has 10 nitrogen and oxygen atoms in total. The Bertz CT molecular complexity index is 1170. The molecule has 0 aromatic carbocycles. The van der Waals surface area contributed by atoms with Crippen LogP contribution in [0.15, 0.2) is 60.8 Å². The van der Waals surface area contributed by atoms with Gasteiger partial charge in [0.25, 0.3) is 0 Å². The molecule has 2 N–H and O–H groups in total. The maximum Gasteiger partial charge on any atom is 0.472 e. The number of carbonyl (C=O) groups excluding carboxylic acids is 2. The van der Waals surface area contributed by atoms with E-state index in [2.05, 4.69) is 56.4 Å². The molecule has 0 saturated heterocycles. The topological polar surface area (TPSA) is 129 Å². The van der Waals surface area contributed by atoms with Crippen molar-refractivity contribution in [3.8, 4) is 0 Å². The van der Waals surface area contributed by atoms with E-state index in [0.717, 1.165) is 77.0 Å². The summed E-state index contributed by atoms with van der Waals surface area (Å²) in [6.45, 7) is 4.16. The summed E-state index contributed by atoms with van der Waals surface area (Å²) in [5, 5.41) is 9.82. The van der Waals surface area contributed by atoms with E-state index in [9.17, 15) is 24.2 Å². The molecule has 0 bridgehead atoms. The summed E-state index contributed by atoms with van der Waals surface area (Å²) in [7, 11) is 1.41. The van der Waals surface area contributed by atoms with Gasteiger partial charge in [-0.15, -0.1) is 0 Å². The number of aliphatic hydroxyl groups is 1. The Labute approximate surface area is 348 Å². The van der Waals surface area contributed by atoms with Crippen LogP contribution in [0.3, 0.4) is 0 Å². The highest BCUT2D eigenvalue weighted by Gasteiger charge is 2.27. The van der Waals surface area contributed by atoms with E-state index in [4.69, 9.17) is 18.5 Å². The van der Waals surface area contributed by atoms with Gasteiger partial charge in [0.1, 0.15) is 19.8 Å². The van der Waals surface area contributed by atoms with Crippen molar-refractivity contribution in [3.05, 3.63) is 60.8 Å². The van der Waals surface area contributed by atoms with E-state index in [-0.39, 0.29) is 32.2 Å². The van der Waals surface area contributed by atoms with Gasteiger partial charge in [-0.25, -0.2) is 4.57 Å². The summed E-state index contributed by atoms with van der Waals surface area (Å²) in [5.74, 6) is -0.901. The van der Waals surface area contributed by atoms with Gasteiger partial charge < -0.3 is 24.0 Å². The quantitative estimate of drug-likeness (QED) is 0.0205. The number of phosphoric ester groups is 1. The van der Waals surface area contributed by atoms with Crippen LogP contribution >= 0.6 is 7.82 Å². The van der Waals surface area contributed by atoms with Crippen LogP contribution in [0, 0.1) is 0 Å². The zero-order valence-electron chi connectivity index (χ0n) is 36.7. The fourth-order valence-corrected chi connectivity index (χ4v) is 6.29. The van der Waals surface area contributed by atoms with Crippen LogP contribution in [0.4, 0.5) is 0 Å². The van der Waals surface area contributed by atoms with Crippen molar-refractivity contribution >= 4 is 19.8 Å². The molecule has 1 unspecified atom stereocenters. The summed E-state index contributed by atoms with van der Waals surface area (Å²) < 4.78 is 34.2. The zero-order chi connectivity index (χ0) is 42.3.